The Hall–Kier alpha value is -1.99. The minimum Gasteiger partial charge on any atom is -0.396 e. The number of halogens is 3. The number of carbonyl (C=O) groups excluding carboxylic acids is 1. The van der Waals surface area contributed by atoms with Crippen LogP contribution in [0.1, 0.15) is 12.6 Å². The zero-order valence-corrected chi connectivity index (χ0v) is 10.6. The quantitative estimate of drug-likeness (QED) is 0.868. The molecule has 0 aliphatic carbocycles. The predicted octanol–water partition coefficient (Wildman–Crippen LogP) is 1.25. The fourth-order valence-electron chi connectivity index (χ4n) is 1.50. The summed E-state index contributed by atoms with van der Waals surface area (Å²) in [6.07, 6.45) is -3.60. The fraction of sp³-hybridized carbons (Fsp3) is 0.455. The highest BCUT2D eigenvalue weighted by Gasteiger charge is 2.33. The van der Waals surface area contributed by atoms with Crippen LogP contribution in [0.2, 0.25) is 0 Å². The van der Waals surface area contributed by atoms with E-state index in [4.69, 9.17) is 5.73 Å². The molecule has 0 radical (unpaired) electrons. The SMILES string of the molecule is CCN(CC(=O)NC)c1cc(C(F)(F)F)ncc1N. The van der Waals surface area contributed by atoms with Gasteiger partial charge in [0.2, 0.25) is 5.91 Å². The highest BCUT2D eigenvalue weighted by molar-refractivity contribution is 5.82. The van der Waals surface area contributed by atoms with Gasteiger partial charge in [-0.3, -0.25) is 4.79 Å². The maximum Gasteiger partial charge on any atom is 0.433 e. The summed E-state index contributed by atoms with van der Waals surface area (Å²) in [6.45, 7) is 1.99. The molecule has 0 atom stereocenters. The Morgan fingerprint density at radius 3 is 2.63 bits per heavy atom. The molecule has 19 heavy (non-hydrogen) atoms. The molecule has 0 spiro atoms. The Labute approximate surface area is 108 Å². The average Bonchev–Trinajstić information content (AvgIpc) is 2.35. The number of amides is 1. The lowest BCUT2D eigenvalue weighted by atomic mass is 10.2. The van der Waals surface area contributed by atoms with Gasteiger partial charge < -0.3 is 16.0 Å². The van der Waals surface area contributed by atoms with Crippen molar-refractivity contribution in [1.29, 1.82) is 0 Å². The molecule has 1 aromatic rings. The first-order valence-corrected chi connectivity index (χ1v) is 5.57. The zero-order valence-electron chi connectivity index (χ0n) is 10.6. The number of anilines is 2. The average molecular weight is 276 g/mol. The maximum atomic E-state index is 12.6. The second-order valence-electron chi connectivity index (χ2n) is 3.81. The van der Waals surface area contributed by atoms with Crippen LogP contribution < -0.4 is 16.0 Å². The van der Waals surface area contributed by atoms with Crippen molar-refractivity contribution in [2.45, 2.75) is 13.1 Å². The van der Waals surface area contributed by atoms with Crippen molar-refractivity contribution < 1.29 is 18.0 Å². The number of nitrogens with one attached hydrogen (secondary N) is 1. The predicted molar refractivity (Wildman–Crippen MR) is 65.6 cm³/mol. The van der Waals surface area contributed by atoms with Crippen LogP contribution >= 0.6 is 0 Å². The van der Waals surface area contributed by atoms with Crippen molar-refractivity contribution in [3.63, 3.8) is 0 Å². The molecule has 1 aromatic heterocycles. The monoisotopic (exact) mass is 276 g/mol. The first-order valence-electron chi connectivity index (χ1n) is 5.57. The van der Waals surface area contributed by atoms with Crippen molar-refractivity contribution in [3.8, 4) is 0 Å². The summed E-state index contributed by atoms with van der Waals surface area (Å²) >= 11 is 0. The first-order chi connectivity index (χ1) is 8.79. The lowest BCUT2D eigenvalue weighted by Gasteiger charge is -2.24. The van der Waals surface area contributed by atoms with E-state index in [1.807, 2.05) is 0 Å². The van der Waals surface area contributed by atoms with Gasteiger partial charge in [0.25, 0.3) is 0 Å². The summed E-state index contributed by atoms with van der Waals surface area (Å²) in [5.74, 6) is -0.313. The van der Waals surface area contributed by atoms with Crippen LogP contribution in [-0.4, -0.2) is 31.0 Å². The third-order valence-corrected chi connectivity index (χ3v) is 2.54. The second-order valence-corrected chi connectivity index (χ2v) is 3.81. The van der Waals surface area contributed by atoms with Crippen LogP contribution in [0, 0.1) is 0 Å². The fourth-order valence-corrected chi connectivity index (χ4v) is 1.50. The Kier molecular flexibility index (Phi) is 4.57. The van der Waals surface area contributed by atoms with E-state index in [1.54, 1.807) is 6.92 Å². The van der Waals surface area contributed by atoms with Gasteiger partial charge in [0.05, 0.1) is 24.1 Å². The standard InChI is InChI=1S/C11H15F3N4O/c1-3-18(6-10(19)16-2)8-4-9(11(12,13)14)17-5-7(8)15/h4-5H,3,6,15H2,1-2H3,(H,16,19). The molecule has 1 amide bonds. The highest BCUT2D eigenvalue weighted by atomic mass is 19.4. The molecule has 1 heterocycles. The smallest absolute Gasteiger partial charge is 0.396 e. The Morgan fingerprint density at radius 2 is 2.16 bits per heavy atom. The van der Waals surface area contributed by atoms with Crippen LogP contribution in [0.4, 0.5) is 24.5 Å². The molecule has 3 N–H and O–H groups in total. The van der Waals surface area contributed by atoms with Crippen molar-refractivity contribution >= 4 is 17.3 Å². The second kappa shape index (κ2) is 5.77. The van der Waals surface area contributed by atoms with E-state index in [-0.39, 0.29) is 23.8 Å². The van der Waals surface area contributed by atoms with Gasteiger partial charge in [0.15, 0.2) is 0 Å². The third kappa shape index (κ3) is 3.73. The molecule has 0 bridgehead atoms. The minimum absolute atomic E-state index is 0.0709. The van der Waals surface area contributed by atoms with Gasteiger partial charge in [-0.1, -0.05) is 0 Å². The van der Waals surface area contributed by atoms with Crippen molar-refractivity contribution in [2.24, 2.45) is 0 Å². The summed E-state index contributed by atoms with van der Waals surface area (Å²) in [5, 5.41) is 2.40. The lowest BCUT2D eigenvalue weighted by Crippen LogP contribution is -2.36. The van der Waals surface area contributed by atoms with Gasteiger partial charge in [0, 0.05) is 13.6 Å². The van der Waals surface area contributed by atoms with E-state index in [1.165, 1.54) is 11.9 Å². The van der Waals surface area contributed by atoms with Crippen LogP contribution in [0.3, 0.4) is 0 Å². The minimum atomic E-state index is -4.55. The highest BCUT2D eigenvalue weighted by Crippen LogP contribution is 2.32. The van der Waals surface area contributed by atoms with E-state index < -0.39 is 11.9 Å². The molecule has 8 heteroatoms. The molecule has 0 saturated carbocycles. The number of likely N-dealkylation sites (N-methyl/N-ethyl adjacent to an activating group) is 2. The molecular weight excluding hydrogens is 261 g/mol. The van der Waals surface area contributed by atoms with Gasteiger partial charge in [-0.05, 0) is 13.0 Å². The number of nitrogens with two attached hydrogens (primary N) is 1. The van der Waals surface area contributed by atoms with Crippen molar-refractivity contribution in [1.82, 2.24) is 10.3 Å². The van der Waals surface area contributed by atoms with Gasteiger partial charge in [0.1, 0.15) is 5.69 Å². The molecule has 106 valence electrons. The molecular formula is C11H15F3N4O. The number of hydrogen-bond donors (Lipinski definition) is 2. The van der Waals surface area contributed by atoms with E-state index in [0.717, 1.165) is 12.3 Å². The first kappa shape index (κ1) is 15.1. The van der Waals surface area contributed by atoms with Gasteiger partial charge >= 0.3 is 6.18 Å². The molecule has 0 aliphatic rings. The number of hydrogen-bond acceptors (Lipinski definition) is 4. The van der Waals surface area contributed by atoms with Gasteiger partial charge in [-0.15, -0.1) is 0 Å². The summed E-state index contributed by atoms with van der Waals surface area (Å²) in [6, 6.07) is 0.849. The third-order valence-electron chi connectivity index (χ3n) is 2.54. The summed E-state index contributed by atoms with van der Waals surface area (Å²) in [5.41, 5.74) is 4.83. The number of carbonyl (C=O) groups is 1. The Bertz CT molecular complexity index is 462. The van der Waals surface area contributed by atoms with Crippen molar-refractivity contribution in [3.05, 3.63) is 18.0 Å². The van der Waals surface area contributed by atoms with Gasteiger partial charge in [-0.25, -0.2) is 4.98 Å². The maximum absolute atomic E-state index is 12.6. The number of nitrogen functional groups attached to an aromatic ring is 1. The molecule has 0 saturated heterocycles. The number of pyridine rings is 1. The van der Waals surface area contributed by atoms with E-state index in [9.17, 15) is 18.0 Å². The summed E-state index contributed by atoms with van der Waals surface area (Å²) < 4.78 is 37.8. The largest absolute Gasteiger partial charge is 0.433 e. The van der Waals surface area contributed by atoms with E-state index >= 15 is 0 Å². The topological polar surface area (TPSA) is 71.2 Å². The molecule has 1 rings (SSSR count). The number of nitrogens with zero attached hydrogens (tertiary/aromatic N) is 2. The number of rotatable bonds is 4. The van der Waals surface area contributed by atoms with Crippen LogP contribution in [0.15, 0.2) is 12.3 Å². The summed E-state index contributed by atoms with van der Waals surface area (Å²) in [4.78, 5) is 16.0. The molecule has 0 aromatic carbocycles. The zero-order chi connectivity index (χ0) is 14.6. The normalized spacial score (nSPS) is 11.2. The van der Waals surface area contributed by atoms with E-state index in [2.05, 4.69) is 10.3 Å². The van der Waals surface area contributed by atoms with Gasteiger partial charge in [-0.2, -0.15) is 13.2 Å². The van der Waals surface area contributed by atoms with Crippen LogP contribution in [0.25, 0.3) is 0 Å². The van der Waals surface area contributed by atoms with E-state index in [0.29, 0.717) is 6.54 Å². The summed E-state index contributed by atoms with van der Waals surface area (Å²) in [7, 11) is 1.45. The van der Waals surface area contributed by atoms with Crippen LogP contribution in [-0.2, 0) is 11.0 Å². The lowest BCUT2D eigenvalue weighted by molar-refractivity contribution is -0.141. The molecule has 0 aliphatic heterocycles. The molecule has 5 nitrogen and oxygen atoms in total. The Balaban J connectivity index is 3.12. The number of alkyl halides is 3. The van der Waals surface area contributed by atoms with Crippen LogP contribution in [0.5, 0.6) is 0 Å². The molecule has 0 unspecified atom stereocenters. The number of aromatic nitrogens is 1. The molecule has 0 fully saturated rings. The Morgan fingerprint density at radius 1 is 1.53 bits per heavy atom. The van der Waals surface area contributed by atoms with Crippen molar-refractivity contribution in [2.75, 3.05) is 30.8 Å².